The first-order chi connectivity index (χ1) is 5.62. The van der Waals surface area contributed by atoms with Crippen LogP contribution in [0.1, 0.15) is 20.8 Å². The third-order valence-corrected chi connectivity index (χ3v) is 1.25. The lowest BCUT2D eigenvalue weighted by Gasteiger charge is -2.13. The van der Waals surface area contributed by atoms with E-state index in [4.69, 9.17) is 5.11 Å². The number of hydrogen-bond donors (Lipinski definition) is 1. The second-order valence-electron chi connectivity index (χ2n) is 2.26. The molecule has 0 aliphatic heterocycles. The third-order valence-electron chi connectivity index (χ3n) is 1.25. The van der Waals surface area contributed by atoms with Gasteiger partial charge in [0.1, 0.15) is 0 Å². The molecule has 0 saturated heterocycles. The number of likely N-dealkylation sites (N-methyl/N-ethyl adjacent to an activating group) is 1. The van der Waals surface area contributed by atoms with Crippen molar-refractivity contribution in [2.75, 3.05) is 19.6 Å². The lowest BCUT2D eigenvalue weighted by Crippen LogP contribution is -2.29. The van der Waals surface area contributed by atoms with Gasteiger partial charge >= 0.3 is 5.97 Å². The molecular weight excluding hydrogens is 154 g/mol. The molecular formula is C9H19NO2. The summed E-state index contributed by atoms with van der Waals surface area (Å²) in [6.07, 6.45) is 1.75. The molecule has 0 aliphatic carbocycles. The molecule has 0 aromatic carbocycles. The van der Waals surface area contributed by atoms with Crippen molar-refractivity contribution >= 4 is 5.97 Å². The van der Waals surface area contributed by atoms with Gasteiger partial charge in [-0.05, 0) is 20.0 Å². The fraction of sp³-hybridized carbons (Fsp3) is 0.667. The molecule has 12 heavy (non-hydrogen) atoms. The molecule has 0 saturated carbocycles. The van der Waals surface area contributed by atoms with E-state index in [1.54, 1.807) is 6.08 Å². The molecule has 1 N–H and O–H groups in total. The molecule has 0 aliphatic rings. The molecule has 0 aromatic heterocycles. The van der Waals surface area contributed by atoms with Crippen molar-refractivity contribution in [1.29, 1.82) is 0 Å². The molecule has 72 valence electrons. The number of carbonyl (C=O) groups is 1. The number of allylic oxidation sites excluding steroid dienone is 1. The van der Waals surface area contributed by atoms with E-state index in [-0.39, 0.29) is 6.54 Å². The second-order valence-corrected chi connectivity index (χ2v) is 2.26. The van der Waals surface area contributed by atoms with Gasteiger partial charge in [0.15, 0.2) is 0 Å². The van der Waals surface area contributed by atoms with Crippen molar-refractivity contribution < 1.29 is 9.90 Å². The van der Waals surface area contributed by atoms with Gasteiger partial charge in [-0.1, -0.05) is 19.9 Å². The Morgan fingerprint density at radius 2 is 1.83 bits per heavy atom. The Morgan fingerprint density at radius 3 is 1.92 bits per heavy atom. The first-order valence-corrected chi connectivity index (χ1v) is 4.13. The van der Waals surface area contributed by atoms with E-state index in [0.717, 1.165) is 13.1 Å². The fourth-order valence-corrected chi connectivity index (χ4v) is 0.639. The smallest absolute Gasteiger partial charge is 0.317 e. The summed E-state index contributed by atoms with van der Waals surface area (Å²) >= 11 is 0. The Morgan fingerprint density at radius 1 is 1.50 bits per heavy atom. The van der Waals surface area contributed by atoms with Crippen LogP contribution in [0.2, 0.25) is 0 Å². The van der Waals surface area contributed by atoms with Crippen LogP contribution < -0.4 is 0 Å². The molecule has 3 nitrogen and oxygen atoms in total. The Balaban J connectivity index is 0. The van der Waals surface area contributed by atoms with Gasteiger partial charge in [-0.3, -0.25) is 9.69 Å². The quantitative estimate of drug-likeness (QED) is 0.656. The number of carboxylic acid groups (broad SMARTS) is 1. The van der Waals surface area contributed by atoms with Crippen molar-refractivity contribution in [1.82, 2.24) is 4.90 Å². The van der Waals surface area contributed by atoms with Crippen LogP contribution >= 0.6 is 0 Å². The largest absolute Gasteiger partial charge is 0.480 e. The predicted octanol–water partition coefficient (Wildman–Crippen LogP) is 1.61. The molecule has 0 spiro atoms. The number of nitrogens with zero attached hydrogens (tertiary/aromatic N) is 1. The zero-order chi connectivity index (χ0) is 9.98. The van der Waals surface area contributed by atoms with Crippen LogP contribution in [0.3, 0.4) is 0 Å². The van der Waals surface area contributed by atoms with E-state index < -0.39 is 5.97 Å². The van der Waals surface area contributed by atoms with E-state index in [2.05, 4.69) is 6.58 Å². The van der Waals surface area contributed by atoms with Crippen molar-refractivity contribution in [2.45, 2.75) is 20.8 Å². The molecule has 0 unspecified atom stereocenters. The van der Waals surface area contributed by atoms with Crippen molar-refractivity contribution in [2.24, 2.45) is 0 Å². The van der Waals surface area contributed by atoms with E-state index in [9.17, 15) is 4.79 Å². The normalized spacial score (nSPS) is 8.67. The minimum absolute atomic E-state index is 0.160. The van der Waals surface area contributed by atoms with Crippen LogP contribution in [0.25, 0.3) is 0 Å². The topological polar surface area (TPSA) is 40.5 Å². The van der Waals surface area contributed by atoms with Gasteiger partial charge in [0.25, 0.3) is 0 Å². The van der Waals surface area contributed by atoms with Gasteiger partial charge in [-0.25, -0.2) is 0 Å². The van der Waals surface area contributed by atoms with Crippen molar-refractivity contribution in [3.63, 3.8) is 0 Å². The highest BCUT2D eigenvalue weighted by atomic mass is 16.4. The molecule has 0 amide bonds. The summed E-state index contributed by atoms with van der Waals surface area (Å²) in [6.45, 7) is 10.9. The lowest BCUT2D eigenvalue weighted by molar-refractivity contribution is -0.138. The predicted molar refractivity (Wildman–Crippen MR) is 51.3 cm³/mol. The first kappa shape index (κ1) is 13.7. The van der Waals surface area contributed by atoms with Crippen molar-refractivity contribution in [3.8, 4) is 0 Å². The summed E-state index contributed by atoms with van der Waals surface area (Å²) in [5, 5.41) is 8.30. The van der Waals surface area contributed by atoms with E-state index in [1.807, 2.05) is 25.7 Å². The number of hydrogen-bond acceptors (Lipinski definition) is 2. The zero-order valence-corrected chi connectivity index (χ0v) is 8.21. The number of aliphatic carboxylic acids is 1. The number of rotatable bonds is 4. The summed E-state index contributed by atoms with van der Waals surface area (Å²) in [7, 11) is 0. The maximum absolute atomic E-state index is 10.1. The maximum atomic E-state index is 10.1. The van der Waals surface area contributed by atoms with Crippen LogP contribution in [0, 0.1) is 0 Å². The molecule has 0 radical (unpaired) electrons. The van der Waals surface area contributed by atoms with Gasteiger partial charge in [-0.15, -0.1) is 6.58 Å². The zero-order valence-electron chi connectivity index (χ0n) is 8.21. The average Bonchev–Trinajstić information content (AvgIpc) is 2.01. The highest BCUT2D eigenvalue weighted by Gasteiger charge is 2.02. The highest BCUT2D eigenvalue weighted by molar-refractivity contribution is 5.69. The monoisotopic (exact) mass is 173 g/mol. The highest BCUT2D eigenvalue weighted by Crippen LogP contribution is 1.84. The molecule has 0 aromatic rings. The van der Waals surface area contributed by atoms with E-state index in [0.29, 0.717) is 0 Å². The van der Waals surface area contributed by atoms with Gasteiger partial charge < -0.3 is 5.11 Å². The Kier molecular flexibility index (Phi) is 11.6. The van der Waals surface area contributed by atoms with Gasteiger partial charge in [0.2, 0.25) is 0 Å². The summed E-state index contributed by atoms with van der Waals surface area (Å²) < 4.78 is 0. The van der Waals surface area contributed by atoms with Gasteiger partial charge in [0, 0.05) is 0 Å². The minimum atomic E-state index is -0.751. The maximum Gasteiger partial charge on any atom is 0.317 e. The van der Waals surface area contributed by atoms with E-state index in [1.165, 1.54) is 0 Å². The summed E-state index contributed by atoms with van der Waals surface area (Å²) in [5.41, 5.74) is 0. The molecule has 0 heterocycles. The summed E-state index contributed by atoms with van der Waals surface area (Å²) in [6, 6.07) is 0. The molecule has 0 rings (SSSR count). The number of carboxylic acids is 1. The summed E-state index contributed by atoms with van der Waals surface area (Å²) in [5.74, 6) is -0.751. The standard InChI is InChI=1S/C6H13NO2.C3H6/c1-3-7(4-2)5-6(8)9;1-3-2/h3-5H2,1-2H3,(H,8,9);3H,1H2,2H3. The second kappa shape index (κ2) is 10.2. The Bertz CT molecular complexity index is 120. The SMILES string of the molecule is C=CC.CCN(CC)CC(=O)O. The lowest BCUT2D eigenvalue weighted by atomic mass is 10.5. The van der Waals surface area contributed by atoms with Crippen molar-refractivity contribution in [3.05, 3.63) is 12.7 Å². The Labute approximate surface area is 74.7 Å². The fourth-order valence-electron chi connectivity index (χ4n) is 0.639. The summed E-state index contributed by atoms with van der Waals surface area (Å²) in [4.78, 5) is 11.9. The van der Waals surface area contributed by atoms with Crippen LogP contribution in [-0.4, -0.2) is 35.6 Å². The first-order valence-electron chi connectivity index (χ1n) is 4.13. The van der Waals surface area contributed by atoms with Crippen LogP contribution in [-0.2, 0) is 4.79 Å². The van der Waals surface area contributed by atoms with Gasteiger partial charge in [-0.2, -0.15) is 0 Å². The van der Waals surface area contributed by atoms with E-state index >= 15 is 0 Å². The Hall–Kier alpha value is -0.830. The van der Waals surface area contributed by atoms with Gasteiger partial charge in [0.05, 0.1) is 6.54 Å². The minimum Gasteiger partial charge on any atom is -0.480 e. The van der Waals surface area contributed by atoms with Crippen LogP contribution in [0.4, 0.5) is 0 Å². The molecule has 0 bridgehead atoms. The third kappa shape index (κ3) is 11.9. The average molecular weight is 173 g/mol. The van der Waals surface area contributed by atoms with Crippen LogP contribution in [0.5, 0.6) is 0 Å². The molecule has 3 heteroatoms. The molecule has 0 fully saturated rings. The van der Waals surface area contributed by atoms with Crippen LogP contribution in [0.15, 0.2) is 12.7 Å². The molecule has 0 atom stereocenters.